The Morgan fingerprint density at radius 3 is 2.65 bits per heavy atom. The van der Waals surface area contributed by atoms with Crippen molar-refractivity contribution in [2.45, 2.75) is 13.8 Å². The summed E-state index contributed by atoms with van der Waals surface area (Å²) in [6.45, 7) is 3.67. The first-order valence-corrected chi connectivity index (χ1v) is 7.31. The van der Waals surface area contributed by atoms with Gasteiger partial charge in [-0.1, -0.05) is 29.8 Å². The van der Waals surface area contributed by atoms with Crippen LogP contribution >= 0.6 is 11.6 Å². The molecule has 120 valence electrons. The Morgan fingerprint density at radius 1 is 1.30 bits per heavy atom. The number of hydrazone groups is 1. The van der Waals surface area contributed by atoms with Gasteiger partial charge in [0.25, 0.3) is 5.91 Å². The molecular weight excluding hydrogens is 319 g/mol. The maximum absolute atomic E-state index is 12.9. The maximum Gasteiger partial charge on any atom is 0.277 e. The molecule has 0 atom stereocenters. The molecule has 1 N–H and O–H groups in total. The number of carbonyl (C=O) groups is 1. The Bertz CT molecular complexity index is 727. The smallest absolute Gasteiger partial charge is 0.277 e. The van der Waals surface area contributed by atoms with Crippen LogP contribution < -0.4 is 10.2 Å². The maximum atomic E-state index is 12.9. The van der Waals surface area contributed by atoms with E-state index >= 15 is 0 Å². The van der Waals surface area contributed by atoms with Crippen molar-refractivity contribution in [2.24, 2.45) is 5.10 Å². The molecule has 2 aromatic rings. The highest BCUT2D eigenvalue weighted by molar-refractivity contribution is 6.33. The molecule has 0 aliphatic heterocycles. The second-order valence-corrected chi connectivity index (χ2v) is 5.38. The highest BCUT2D eigenvalue weighted by Gasteiger charge is 2.06. The van der Waals surface area contributed by atoms with Gasteiger partial charge in [-0.2, -0.15) is 5.10 Å². The van der Waals surface area contributed by atoms with Gasteiger partial charge in [0, 0.05) is 5.56 Å². The predicted molar refractivity (Wildman–Crippen MR) is 88.6 cm³/mol. The summed E-state index contributed by atoms with van der Waals surface area (Å²) in [6, 6.07) is 9.66. The van der Waals surface area contributed by atoms with Crippen molar-refractivity contribution in [1.82, 2.24) is 5.43 Å². The molecule has 0 radical (unpaired) electrons. The van der Waals surface area contributed by atoms with Crippen LogP contribution in [-0.2, 0) is 4.79 Å². The Kier molecular flexibility index (Phi) is 5.71. The third kappa shape index (κ3) is 4.79. The standard InChI is InChI=1S/C17H16ClFN2O2/c1-11-4-3-5-12(2)17(11)23-10-16(22)21-20-9-13-6-7-14(19)8-15(13)18/h3-9H,10H2,1-2H3,(H,21,22)/b20-9+. The largest absolute Gasteiger partial charge is 0.483 e. The van der Waals surface area contributed by atoms with E-state index in [9.17, 15) is 9.18 Å². The number of hydrogen-bond acceptors (Lipinski definition) is 3. The lowest BCUT2D eigenvalue weighted by molar-refractivity contribution is -0.123. The summed E-state index contributed by atoms with van der Waals surface area (Å²) in [4.78, 5) is 11.7. The first-order chi connectivity index (χ1) is 11.0. The number of hydrogen-bond donors (Lipinski definition) is 1. The zero-order valence-electron chi connectivity index (χ0n) is 12.8. The number of aryl methyl sites for hydroxylation is 2. The molecular formula is C17H16ClFN2O2. The number of ether oxygens (including phenoxy) is 1. The molecule has 1 amide bonds. The molecule has 2 aromatic carbocycles. The summed E-state index contributed by atoms with van der Waals surface area (Å²) in [7, 11) is 0. The van der Waals surface area contributed by atoms with Crippen LogP contribution in [0.3, 0.4) is 0 Å². The monoisotopic (exact) mass is 334 g/mol. The number of benzene rings is 2. The third-order valence-corrected chi connectivity index (χ3v) is 3.44. The Morgan fingerprint density at radius 2 is 2.00 bits per heavy atom. The summed E-state index contributed by atoms with van der Waals surface area (Å²) < 4.78 is 18.4. The molecule has 6 heteroatoms. The van der Waals surface area contributed by atoms with Gasteiger partial charge in [-0.15, -0.1) is 0 Å². The number of para-hydroxylation sites is 1. The number of amides is 1. The summed E-state index contributed by atoms with van der Waals surface area (Å²) in [5.41, 5.74) is 4.75. The van der Waals surface area contributed by atoms with Crippen LogP contribution in [0, 0.1) is 19.7 Å². The van der Waals surface area contributed by atoms with E-state index in [4.69, 9.17) is 16.3 Å². The third-order valence-electron chi connectivity index (χ3n) is 3.11. The molecule has 0 unspecified atom stereocenters. The molecule has 0 spiro atoms. The fourth-order valence-corrected chi connectivity index (χ4v) is 2.19. The van der Waals surface area contributed by atoms with Crippen molar-refractivity contribution in [3.8, 4) is 5.75 Å². The molecule has 0 heterocycles. The van der Waals surface area contributed by atoms with Crippen LogP contribution in [0.4, 0.5) is 4.39 Å². The fraction of sp³-hybridized carbons (Fsp3) is 0.176. The zero-order chi connectivity index (χ0) is 16.8. The van der Waals surface area contributed by atoms with Gasteiger partial charge < -0.3 is 4.74 Å². The number of rotatable bonds is 5. The van der Waals surface area contributed by atoms with Gasteiger partial charge in [-0.05, 0) is 43.2 Å². The first-order valence-electron chi connectivity index (χ1n) is 6.93. The zero-order valence-corrected chi connectivity index (χ0v) is 13.5. The van der Waals surface area contributed by atoms with Crippen LogP contribution in [0.2, 0.25) is 5.02 Å². The van der Waals surface area contributed by atoms with Crippen molar-refractivity contribution < 1.29 is 13.9 Å². The molecule has 0 bridgehead atoms. The van der Waals surface area contributed by atoms with Crippen LogP contribution in [0.5, 0.6) is 5.75 Å². The Balaban J connectivity index is 1.89. The minimum Gasteiger partial charge on any atom is -0.483 e. The minimum absolute atomic E-state index is 0.153. The molecule has 0 aliphatic carbocycles. The van der Waals surface area contributed by atoms with Gasteiger partial charge in [0.05, 0.1) is 11.2 Å². The van der Waals surface area contributed by atoms with E-state index in [0.717, 1.165) is 11.1 Å². The van der Waals surface area contributed by atoms with E-state index in [1.165, 1.54) is 24.4 Å². The molecule has 0 aliphatic rings. The van der Waals surface area contributed by atoms with E-state index in [1.54, 1.807) is 0 Å². The van der Waals surface area contributed by atoms with Crippen molar-refractivity contribution in [1.29, 1.82) is 0 Å². The van der Waals surface area contributed by atoms with Crippen molar-refractivity contribution in [2.75, 3.05) is 6.61 Å². The average Bonchev–Trinajstić information content (AvgIpc) is 2.49. The molecule has 2 rings (SSSR count). The van der Waals surface area contributed by atoms with E-state index in [-0.39, 0.29) is 11.6 Å². The van der Waals surface area contributed by atoms with Crippen LogP contribution in [0.15, 0.2) is 41.5 Å². The lowest BCUT2D eigenvalue weighted by Crippen LogP contribution is -2.25. The van der Waals surface area contributed by atoms with E-state index in [1.807, 2.05) is 32.0 Å². The first kappa shape index (κ1) is 17.0. The average molecular weight is 335 g/mol. The van der Waals surface area contributed by atoms with Crippen LogP contribution in [-0.4, -0.2) is 18.7 Å². The number of nitrogens with one attached hydrogen (secondary N) is 1. The second-order valence-electron chi connectivity index (χ2n) is 4.97. The normalized spacial score (nSPS) is 10.8. The Hall–Kier alpha value is -2.40. The predicted octanol–water partition coefficient (Wildman–Crippen LogP) is 3.63. The van der Waals surface area contributed by atoms with Gasteiger partial charge >= 0.3 is 0 Å². The van der Waals surface area contributed by atoms with Crippen molar-refractivity contribution in [3.63, 3.8) is 0 Å². The number of nitrogens with zero attached hydrogens (tertiary/aromatic N) is 1. The lowest BCUT2D eigenvalue weighted by atomic mass is 10.1. The SMILES string of the molecule is Cc1cccc(C)c1OCC(=O)N/N=C/c1ccc(F)cc1Cl. The topological polar surface area (TPSA) is 50.7 Å². The molecule has 0 fully saturated rings. The summed E-state index contributed by atoms with van der Waals surface area (Å²) >= 11 is 5.85. The lowest BCUT2D eigenvalue weighted by Gasteiger charge is -2.10. The van der Waals surface area contributed by atoms with Crippen LogP contribution in [0.25, 0.3) is 0 Å². The highest BCUT2D eigenvalue weighted by Crippen LogP contribution is 2.22. The summed E-state index contributed by atoms with van der Waals surface area (Å²) in [5.74, 6) is -0.145. The van der Waals surface area contributed by atoms with Crippen molar-refractivity contribution >= 4 is 23.7 Å². The molecule has 0 saturated carbocycles. The minimum atomic E-state index is -0.432. The fourth-order valence-electron chi connectivity index (χ4n) is 1.98. The van der Waals surface area contributed by atoms with E-state index in [0.29, 0.717) is 11.3 Å². The molecule has 0 aromatic heterocycles. The second kappa shape index (κ2) is 7.74. The van der Waals surface area contributed by atoms with Gasteiger partial charge in [-0.3, -0.25) is 4.79 Å². The Labute approximate surface area is 138 Å². The molecule has 23 heavy (non-hydrogen) atoms. The van der Waals surface area contributed by atoms with E-state index < -0.39 is 11.7 Å². The van der Waals surface area contributed by atoms with Gasteiger partial charge in [0.2, 0.25) is 0 Å². The summed E-state index contributed by atoms with van der Waals surface area (Å²) in [5, 5.41) is 4.00. The quantitative estimate of drug-likeness (QED) is 0.670. The van der Waals surface area contributed by atoms with Crippen LogP contribution in [0.1, 0.15) is 16.7 Å². The molecule has 0 saturated heterocycles. The van der Waals surface area contributed by atoms with Crippen molar-refractivity contribution in [3.05, 3.63) is 63.9 Å². The summed E-state index contributed by atoms with van der Waals surface area (Å²) in [6.07, 6.45) is 1.35. The van der Waals surface area contributed by atoms with E-state index in [2.05, 4.69) is 10.5 Å². The number of carbonyl (C=O) groups excluding carboxylic acids is 1. The molecule has 4 nitrogen and oxygen atoms in total. The van der Waals surface area contributed by atoms with Gasteiger partial charge in [0.15, 0.2) is 6.61 Å². The highest BCUT2D eigenvalue weighted by atomic mass is 35.5. The van der Waals surface area contributed by atoms with Gasteiger partial charge in [0.1, 0.15) is 11.6 Å². The van der Waals surface area contributed by atoms with Gasteiger partial charge in [-0.25, -0.2) is 9.82 Å². The number of halogens is 2.